The number of benzene rings is 13. The predicted molar refractivity (Wildman–Crippen MR) is 375 cm³/mol. The van der Waals surface area contributed by atoms with Gasteiger partial charge in [0, 0.05) is 50.8 Å². The first-order valence-corrected chi connectivity index (χ1v) is 31.2. The lowest BCUT2D eigenvalue weighted by Crippen LogP contribution is -2.62. The van der Waals surface area contributed by atoms with Gasteiger partial charge in [0.2, 0.25) is 0 Å². The number of hydrogen-bond acceptors (Lipinski definition) is 4. The van der Waals surface area contributed by atoms with Crippen LogP contribution in [-0.2, 0) is 21.7 Å². The number of rotatable bonds is 5. The molecule has 14 aromatic rings. The Morgan fingerprint density at radius 3 is 1.05 bits per heavy atom. The standard InChI is InChI=1S/C82H71BN4/c1-79(2,3)57-41-58(80(4,5)6)44-61(43-57)86-67-37-54-31-29-49-25-19-27-51-33-35-63(73(54)71(49)51)75(67)83-76-64-36-34-52-28-20-26-50-30-32-55(74(64)72(50)52)38-68(76)87(62-45-59(81(7,8)9)42-60(46-62)82(10,11)12)70-40-56(39-69(86)77(70)83)66-47-65(48-21-15-13-16-22-48)84-78(85-66)53-23-17-14-18-24-53/h13-47H,1-12H3. The summed E-state index contributed by atoms with van der Waals surface area (Å²) < 4.78 is 0. The van der Waals surface area contributed by atoms with Crippen LogP contribution < -0.4 is 26.2 Å². The minimum absolute atomic E-state index is 0.148. The van der Waals surface area contributed by atoms with E-state index >= 15 is 0 Å². The first-order valence-electron chi connectivity index (χ1n) is 31.2. The van der Waals surface area contributed by atoms with Gasteiger partial charge in [-0.05, 0) is 180 Å². The highest BCUT2D eigenvalue weighted by molar-refractivity contribution is 7.03. The van der Waals surface area contributed by atoms with Crippen molar-refractivity contribution in [2.45, 2.75) is 105 Å². The lowest BCUT2D eigenvalue weighted by Gasteiger charge is -2.46. The quantitative estimate of drug-likeness (QED) is 0.127. The van der Waals surface area contributed by atoms with Crippen LogP contribution in [0, 0.1) is 0 Å². The van der Waals surface area contributed by atoms with Crippen LogP contribution in [0.2, 0.25) is 0 Å². The summed E-state index contributed by atoms with van der Waals surface area (Å²) in [5.41, 5.74) is 20.3. The molecule has 0 radical (unpaired) electrons. The third kappa shape index (κ3) is 8.32. The Labute approximate surface area is 511 Å². The van der Waals surface area contributed by atoms with Crippen LogP contribution >= 0.6 is 0 Å². The van der Waals surface area contributed by atoms with Gasteiger partial charge in [0.1, 0.15) is 0 Å². The van der Waals surface area contributed by atoms with Gasteiger partial charge in [0.05, 0.1) is 11.4 Å². The fourth-order valence-electron chi connectivity index (χ4n) is 14.6. The van der Waals surface area contributed by atoms with E-state index in [4.69, 9.17) is 9.97 Å². The molecule has 0 amide bonds. The van der Waals surface area contributed by atoms with Crippen LogP contribution in [-0.4, -0.2) is 16.7 Å². The molecule has 2 aliphatic heterocycles. The van der Waals surface area contributed by atoms with E-state index in [2.05, 4.69) is 305 Å². The maximum Gasteiger partial charge on any atom is 0.253 e. The average molecular weight is 1120 g/mol. The van der Waals surface area contributed by atoms with Gasteiger partial charge in [0.25, 0.3) is 6.71 Å². The molecule has 0 bridgehead atoms. The molecule has 3 heterocycles. The molecule has 13 aromatic carbocycles. The second-order valence-electron chi connectivity index (χ2n) is 29.1. The number of fused-ring (bicyclic) bond motifs is 6. The molecule has 16 rings (SSSR count). The topological polar surface area (TPSA) is 32.3 Å². The van der Waals surface area contributed by atoms with Gasteiger partial charge in [0.15, 0.2) is 5.82 Å². The van der Waals surface area contributed by atoms with E-state index in [0.717, 1.165) is 50.8 Å². The monoisotopic (exact) mass is 1120 g/mol. The first kappa shape index (κ1) is 53.2. The molecule has 5 heteroatoms. The Hall–Kier alpha value is -9.32. The molecule has 0 spiro atoms. The molecule has 0 aliphatic carbocycles. The molecule has 2 aliphatic rings. The Balaban J connectivity index is 1.13. The van der Waals surface area contributed by atoms with Gasteiger partial charge in [-0.3, -0.25) is 0 Å². The second-order valence-corrected chi connectivity index (χ2v) is 29.1. The zero-order valence-corrected chi connectivity index (χ0v) is 52.1. The highest BCUT2D eigenvalue weighted by Crippen LogP contribution is 2.52. The van der Waals surface area contributed by atoms with Crippen LogP contribution in [0.4, 0.5) is 34.1 Å². The zero-order chi connectivity index (χ0) is 59.8. The molecular weight excluding hydrogens is 1050 g/mol. The molecule has 4 nitrogen and oxygen atoms in total. The summed E-state index contributed by atoms with van der Waals surface area (Å²) in [7, 11) is 0. The zero-order valence-electron chi connectivity index (χ0n) is 52.1. The van der Waals surface area contributed by atoms with Crippen molar-refractivity contribution in [3.8, 4) is 33.9 Å². The van der Waals surface area contributed by atoms with Crippen molar-refractivity contribution < 1.29 is 0 Å². The van der Waals surface area contributed by atoms with Crippen molar-refractivity contribution in [3.05, 3.63) is 235 Å². The molecule has 87 heavy (non-hydrogen) atoms. The SMILES string of the molecule is CC(C)(C)c1cc(N2c3cc(-c4cc(-c5ccccc5)nc(-c5ccccc5)n4)cc4c3B(c3c2cc2ccc5cccc6ccc3c2c56)c2c(cc3ccc5cccc6ccc2c3c56)N4c2cc(C(C)(C)C)cc(C(C)(C)C)c2)cc(C(C)(C)C)c1. The van der Waals surface area contributed by atoms with Crippen LogP contribution in [0.5, 0.6) is 0 Å². The fraction of sp³-hybridized carbons (Fsp3) is 0.195. The van der Waals surface area contributed by atoms with E-state index in [0.29, 0.717) is 5.82 Å². The lowest BCUT2D eigenvalue weighted by atomic mass is 9.32. The van der Waals surface area contributed by atoms with Crippen LogP contribution in [0.15, 0.2) is 212 Å². The Morgan fingerprint density at radius 2 is 0.644 bits per heavy atom. The van der Waals surface area contributed by atoms with Crippen LogP contribution in [0.1, 0.15) is 105 Å². The van der Waals surface area contributed by atoms with Gasteiger partial charge < -0.3 is 9.80 Å². The molecule has 0 saturated heterocycles. The maximum atomic E-state index is 5.67. The molecule has 0 fully saturated rings. The molecular formula is C82H71BN4. The van der Waals surface area contributed by atoms with Crippen molar-refractivity contribution in [2.75, 3.05) is 9.80 Å². The summed E-state index contributed by atoms with van der Waals surface area (Å²) in [5, 5.41) is 15.4. The van der Waals surface area contributed by atoms with Crippen LogP contribution in [0.25, 0.3) is 98.5 Å². The molecule has 0 atom stereocenters. The van der Waals surface area contributed by atoms with Crippen LogP contribution in [0.3, 0.4) is 0 Å². The normalized spacial score (nSPS) is 13.7. The Kier molecular flexibility index (Phi) is 11.4. The lowest BCUT2D eigenvalue weighted by molar-refractivity contribution is 0.568. The summed E-state index contributed by atoms with van der Waals surface area (Å²) in [4.78, 5) is 16.4. The highest BCUT2D eigenvalue weighted by atomic mass is 15.2. The van der Waals surface area contributed by atoms with Gasteiger partial charge >= 0.3 is 0 Å². The van der Waals surface area contributed by atoms with Gasteiger partial charge in [-0.25, -0.2) is 9.97 Å². The van der Waals surface area contributed by atoms with Gasteiger partial charge in [-0.15, -0.1) is 0 Å². The van der Waals surface area contributed by atoms with Gasteiger partial charge in [-0.2, -0.15) is 0 Å². The van der Waals surface area contributed by atoms with Crippen molar-refractivity contribution in [1.82, 2.24) is 9.97 Å². The Morgan fingerprint density at radius 1 is 0.287 bits per heavy atom. The third-order valence-electron chi connectivity index (χ3n) is 19.2. The number of nitrogens with zero attached hydrogens (tertiary/aromatic N) is 4. The summed E-state index contributed by atoms with van der Waals surface area (Å²) >= 11 is 0. The number of anilines is 6. The molecule has 0 unspecified atom stereocenters. The summed E-state index contributed by atoms with van der Waals surface area (Å²) in [6.45, 7) is 28.1. The van der Waals surface area contributed by atoms with E-state index in [1.54, 1.807) is 0 Å². The number of hydrogen-bond donors (Lipinski definition) is 0. The van der Waals surface area contributed by atoms with E-state index in [-0.39, 0.29) is 28.4 Å². The molecule has 0 saturated carbocycles. The largest absolute Gasteiger partial charge is 0.311 e. The van der Waals surface area contributed by atoms with Crippen molar-refractivity contribution in [2.24, 2.45) is 0 Å². The molecule has 0 N–H and O–H groups in total. The fourth-order valence-corrected chi connectivity index (χ4v) is 14.6. The Bertz CT molecular complexity index is 4740. The summed E-state index contributed by atoms with van der Waals surface area (Å²) in [5.74, 6) is 0.689. The average Bonchev–Trinajstić information content (AvgIpc) is 0.723. The second kappa shape index (κ2) is 18.6. The minimum Gasteiger partial charge on any atom is -0.311 e. The molecule has 422 valence electrons. The van der Waals surface area contributed by atoms with E-state index in [9.17, 15) is 0 Å². The van der Waals surface area contributed by atoms with Crippen molar-refractivity contribution >= 4 is 122 Å². The van der Waals surface area contributed by atoms with E-state index in [1.165, 1.54) is 115 Å². The van der Waals surface area contributed by atoms with E-state index < -0.39 is 0 Å². The minimum atomic E-state index is -0.207. The third-order valence-corrected chi connectivity index (χ3v) is 19.2. The molecule has 1 aromatic heterocycles. The summed E-state index contributed by atoms with van der Waals surface area (Å²) in [6, 6.07) is 81.1. The summed E-state index contributed by atoms with van der Waals surface area (Å²) in [6.07, 6.45) is 0. The van der Waals surface area contributed by atoms with Crippen molar-refractivity contribution in [1.29, 1.82) is 0 Å². The highest BCUT2D eigenvalue weighted by Gasteiger charge is 2.47. The van der Waals surface area contributed by atoms with E-state index in [1.807, 2.05) is 0 Å². The predicted octanol–water partition coefficient (Wildman–Crippen LogP) is 20.5. The maximum absolute atomic E-state index is 5.67. The van der Waals surface area contributed by atoms with Crippen molar-refractivity contribution in [3.63, 3.8) is 0 Å². The van der Waals surface area contributed by atoms with Gasteiger partial charge in [-0.1, -0.05) is 241 Å². The smallest absolute Gasteiger partial charge is 0.253 e. The first-order chi connectivity index (χ1) is 41.6. The number of aromatic nitrogens is 2.